The molecule has 0 aromatic heterocycles. The van der Waals surface area contributed by atoms with Gasteiger partial charge in [-0.25, -0.2) is 0 Å². The normalized spacial score (nSPS) is 11.6. The van der Waals surface area contributed by atoms with E-state index in [9.17, 15) is 0 Å². The quantitative estimate of drug-likeness (QED) is 0.514. The average Bonchev–Trinajstić information content (AvgIpc) is 2.50. The topological polar surface area (TPSA) is 0 Å². The lowest BCUT2D eigenvalue weighted by atomic mass is 9.80. The molecule has 0 aliphatic carbocycles. The molecule has 0 aliphatic rings. The van der Waals surface area contributed by atoms with Crippen LogP contribution in [0.1, 0.15) is 11.1 Å². The predicted molar refractivity (Wildman–Crippen MR) is 95.3 cm³/mol. The lowest BCUT2D eigenvalue weighted by Gasteiger charge is -2.31. The fraction of sp³-hybridized carbons (Fsp3) is 0.294. The summed E-state index contributed by atoms with van der Waals surface area (Å²) in [7, 11) is 0. The molecular weight excluding hydrogens is 399 g/mol. The van der Waals surface area contributed by atoms with Crippen molar-refractivity contribution < 1.29 is 0 Å². The summed E-state index contributed by atoms with van der Waals surface area (Å²) in [5.74, 6) is 0. The van der Waals surface area contributed by atoms with Gasteiger partial charge >= 0.3 is 0 Å². The Labute approximate surface area is 142 Å². The van der Waals surface area contributed by atoms with Crippen molar-refractivity contribution >= 4 is 43.5 Å². The van der Waals surface area contributed by atoms with E-state index in [1.54, 1.807) is 0 Å². The van der Waals surface area contributed by atoms with Crippen LogP contribution in [0.15, 0.2) is 54.6 Å². The average molecular weight is 417 g/mol. The second-order valence-corrected chi connectivity index (χ2v) is 6.73. The number of alkyl halides is 2. The molecular formula is C17H17Br2Cl. The van der Waals surface area contributed by atoms with E-state index in [0.717, 1.165) is 28.5 Å². The van der Waals surface area contributed by atoms with Crippen molar-refractivity contribution in [1.82, 2.24) is 0 Å². The SMILES string of the molecule is Clc1ccccc1CC(CBr)(CBr)Cc1ccccc1. The van der Waals surface area contributed by atoms with Crippen LogP contribution in [0, 0.1) is 5.41 Å². The minimum atomic E-state index is 0.131. The lowest BCUT2D eigenvalue weighted by molar-refractivity contribution is 0.386. The van der Waals surface area contributed by atoms with Crippen LogP contribution < -0.4 is 0 Å². The molecule has 0 amide bonds. The van der Waals surface area contributed by atoms with Crippen LogP contribution in [0.4, 0.5) is 0 Å². The maximum atomic E-state index is 6.32. The van der Waals surface area contributed by atoms with E-state index in [1.165, 1.54) is 11.1 Å². The number of benzene rings is 2. The van der Waals surface area contributed by atoms with Crippen molar-refractivity contribution in [1.29, 1.82) is 0 Å². The fourth-order valence-electron chi connectivity index (χ4n) is 2.36. The van der Waals surface area contributed by atoms with Crippen LogP contribution >= 0.6 is 43.5 Å². The van der Waals surface area contributed by atoms with Crippen molar-refractivity contribution in [2.45, 2.75) is 12.8 Å². The summed E-state index contributed by atoms with van der Waals surface area (Å²) in [6.45, 7) is 0. The molecule has 0 radical (unpaired) electrons. The molecule has 0 nitrogen and oxygen atoms in total. The third kappa shape index (κ3) is 4.09. The van der Waals surface area contributed by atoms with Crippen molar-refractivity contribution in [3.8, 4) is 0 Å². The molecule has 0 spiro atoms. The molecule has 0 unspecified atom stereocenters. The Hall–Kier alpha value is -0.310. The van der Waals surface area contributed by atoms with E-state index in [2.05, 4.69) is 74.3 Å². The van der Waals surface area contributed by atoms with Gasteiger partial charge in [-0.15, -0.1) is 0 Å². The number of hydrogen-bond donors (Lipinski definition) is 0. The Balaban J connectivity index is 2.23. The molecule has 0 fully saturated rings. The van der Waals surface area contributed by atoms with E-state index in [4.69, 9.17) is 11.6 Å². The molecule has 0 bridgehead atoms. The monoisotopic (exact) mass is 414 g/mol. The van der Waals surface area contributed by atoms with Crippen molar-refractivity contribution in [3.05, 3.63) is 70.7 Å². The van der Waals surface area contributed by atoms with E-state index >= 15 is 0 Å². The summed E-state index contributed by atoms with van der Waals surface area (Å²) < 4.78 is 0. The molecule has 0 atom stereocenters. The van der Waals surface area contributed by atoms with Gasteiger partial charge in [-0.3, -0.25) is 0 Å². The zero-order chi connectivity index (χ0) is 14.4. The number of hydrogen-bond acceptors (Lipinski definition) is 0. The standard InChI is InChI=1S/C17H17Br2Cl/c18-12-17(13-19,10-14-6-2-1-3-7-14)11-15-8-4-5-9-16(15)20/h1-9H,10-13H2. The molecule has 2 aromatic rings. The molecule has 0 heterocycles. The first kappa shape index (κ1) is 16.1. The number of rotatable bonds is 6. The van der Waals surface area contributed by atoms with Crippen LogP contribution in [-0.4, -0.2) is 10.7 Å². The molecule has 0 saturated heterocycles. The van der Waals surface area contributed by atoms with Gasteiger partial charge in [-0.2, -0.15) is 0 Å². The highest BCUT2D eigenvalue weighted by Crippen LogP contribution is 2.34. The van der Waals surface area contributed by atoms with Crippen molar-refractivity contribution in [3.63, 3.8) is 0 Å². The maximum absolute atomic E-state index is 6.32. The zero-order valence-corrected chi connectivity index (χ0v) is 15.1. The van der Waals surface area contributed by atoms with Gasteiger partial charge in [0.1, 0.15) is 0 Å². The first-order valence-electron chi connectivity index (χ1n) is 6.58. The third-order valence-corrected chi connectivity index (χ3v) is 6.26. The van der Waals surface area contributed by atoms with Crippen LogP contribution in [0.25, 0.3) is 0 Å². The summed E-state index contributed by atoms with van der Waals surface area (Å²) in [6.07, 6.45) is 1.98. The molecule has 106 valence electrons. The van der Waals surface area contributed by atoms with E-state index in [0.29, 0.717) is 0 Å². The van der Waals surface area contributed by atoms with E-state index in [1.807, 2.05) is 12.1 Å². The first-order chi connectivity index (χ1) is 9.69. The highest BCUT2D eigenvalue weighted by atomic mass is 79.9. The second kappa shape index (κ2) is 7.63. The minimum absolute atomic E-state index is 0.131. The summed E-state index contributed by atoms with van der Waals surface area (Å²) in [5.41, 5.74) is 2.70. The molecule has 0 saturated carbocycles. The van der Waals surface area contributed by atoms with Crippen LogP contribution in [0.2, 0.25) is 5.02 Å². The van der Waals surface area contributed by atoms with Gasteiger partial charge in [0.25, 0.3) is 0 Å². The highest BCUT2D eigenvalue weighted by molar-refractivity contribution is 9.09. The van der Waals surface area contributed by atoms with Gasteiger partial charge < -0.3 is 0 Å². The Morgan fingerprint density at radius 3 is 2.00 bits per heavy atom. The predicted octanol–water partition coefficient (Wildman–Crippen LogP) is 5.90. The van der Waals surface area contributed by atoms with Crippen molar-refractivity contribution in [2.75, 3.05) is 10.7 Å². The first-order valence-corrected chi connectivity index (χ1v) is 9.20. The summed E-state index contributed by atoms with van der Waals surface area (Å²) in [4.78, 5) is 0. The van der Waals surface area contributed by atoms with Crippen LogP contribution in [0.3, 0.4) is 0 Å². The van der Waals surface area contributed by atoms with Gasteiger partial charge in [0.15, 0.2) is 0 Å². The van der Waals surface area contributed by atoms with Gasteiger partial charge in [0, 0.05) is 15.7 Å². The molecule has 20 heavy (non-hydrogen) atoms. The van der Waals surface area contributed by atoms with Gasteiger partial charge in [0.05, 0.1) is 0 Å². The Morgan fingerprint density at radius 2 is 1.40 bits per heavy atom. The van der Waals surface area contributed by atoms with Crippen LogP contribution in [0.5, 0.6) is 0 Å². The summed E-state index contributed by atoms with van der Waals surface area (Å²) in [6, 6.07) is 18.7. The molecule has 0 aliphatic heterocycles. The Bertz CT molecular complexity index is 536. The van der Waals surface area contributed by atoms with Gasteiger partial charge in [0.2, 0.25) is 0 Å². The third-order valence-electron chi connectivity index (χ3n) is 3.51. The maximum Gasteiger partial charge on any atom is 0.0438 e. The Morgan fingerprint density at radius 1 is 0.800 bits per heavy atom. The molecule has 3 heteroatoms. The lowest BCUT2D eigenvalue weighted by Crippen LogP contribution is -2.30. The summed E-state index contributed by atoms with van der Waals surface area (Å²) >= 11 is 13.7. The largest absolute Gasteiger partial charge is 0.0921 e. The Kier molecular flexibility index (Phi) is 6.13. The van der Waals surface area contributed by atoms with Gasteiger partial charge in [-0.1, -0.05) is 92.0 Å². The molecule has 2 rings (SSSR count). The molecule has 0 N–H and O–H groups in total. The van der Waals surface area contributed by atoms with E-state index < -0.39 is 0 Å². The smallest absolute Gasteiger partial charge is 0.0438 e. The minimum Gasteiger partial charge on any atom is -0.0921 e. The number of halogens is 3. The summed E-state index contributed by atoms with van der Waals surface area (Å²) in [5, 5.41) is 2.73. The van der Waals surface area contributed by atoms with Crippen molar-refractivity contribution in [2.24, 2.45) is 5.41 Å². The molecule has 2 aromatic carbocycles. The van der Waals surface area contributed by atoms with Crippen LogP contribution in [-0.2, 0) is 12.8 Å². The van der Waals surface area contributed by atoms with Gasteiger partial charge in [-0.05, 0) is 35.4 Å². The van der Waals surface area contributed by atoms with E-state index in [-0.39, 0.29) is 5.41 Å². The zero-order valence-electron chi connectivity index (χ0n) is 11.2. The highest BCUT2D eigenvalue weighted by Gasteiger charge is 2.29. The second-order valence-electron chi connectivity index (χ2n) is 5.20. The fourth-order valence-corrected chi connectivity index (χ4v) is 4.29.